The summed E-state index contributed by atoms with van der Waals surface area (Å²) in [6, 6.07) is 11.7. The van der Waals surface area contributed by atoms with Gasteiger partial charge in [0.05, 0.1) is 67.5 Å². The van der Waals surface area contributed by atoms with E-state index < -0.39 is 21.9 Å². The monoisotopic (exact) mass is 631 g/mol. The Hall–Kier alpha value is -3.04. The lowest BCUT2D eigenvalue weighted by Gasteiger charge is -2.26. The Bertz CT molecular complexity index is 1480. The van der Waals surface area contributed by atoms with Crippen LogP contribution in [0.1, 0.15) is 20.8 Å². The van der Waals surface area contributed by atoms with E-state index in [1.165, 1.54) is 0 Å². The van der Waals surface area contributed by atoms with Crippen LogP contribution in [0.2, 0.25) is 0 Å². The smallest absolute Gasteiger partial charge is 0.329 e. The number of anilines is 2. The standard InChI is InChI=1S/C30H37N3O8S2/c1-30(2,3)43(36)28-17-22-23(33-21-4-5-27-25(16-21)32-20-42-27)6-7-31-24(22)18-26(28)41-15-14-39-11-10-37-8-9-38-12-13-40-19-29(34)35/h4-7,16-18,20H,8-15,19H2,1-3H3,(H,31,33)(H,34,35). The van der Waals surface area contributed by atoms with Gasteiger partial charge in [0.2, 0.25) is 0 Å². The maximum Gasteiger partial charge on any atom is 0.329 e. The zero-order valence-corrected chi connectivity index (χ0v) is 26.1. The highest BCUT2D eigenvalue weighted by Crippen LogP contribution is 2.37. The number of nitrogens with zero attached hydrogens (tertiary/aromatic N) is 2. The molecule has 4 rings (SSSR count). The third kappa shape index (κ3) is 10.00. The molecular weight excluding hydrogens is 594 g/mol. The summed E-state index contributed by atoms with van der Waals surface area (Å²) in [5, 5.41) is 12.8. The first-order valence-electron chi connectivity index (χ1n) is 13.8. The number of aromatic nitrogens is 2. The van der Waals surface area contributed by atoms with E-state index in [2.05, 4.69) is 15.3 Å². The van der Waals surface area contributed by atoms with Crippen LogP contribution in [0.25, 0.3) is 21.1 Å². The third-order valence-corrected chi connectivity index (χ3v) is 8.64. The van der Waals surface area contributed by atoms with Gasteiger partial charge in [-0.25, -0.2) is 9.78 Å². The molecule has 2 aromatic heterocycles. The summed E-state index contributed by atoms with van der Waals surface area (Å²) in [4.78, 5) is 19.9. The summed E-state index contributed by atoms with van der Waals surface area (Å²) >= 11 is 0.248. The lowest BCUT2D eigenvalue weighted by molar-refractivity contribution is -0.142. The van der Waals surface area contributed by atoms with Crippen LogP contribution in [0.15, 0.2) is 53.0 Å². The van der Waals surface area contributed by atoms with E-state index in [9.17, 15) is 9.35 Å². The van der Waals surface area contributed by atoms with E-state index in [0.29, 0.717) is 50.3 Å². The molecule has 11 nitrogen and oxygen atoms in total. The van der Waals surface area contributed by atoms with Crippen molar-refractivity contribution in [2.75, 3.05) is 64.8 Å². The molecule has 0 bridgehead atoms. The Balaban J connectivity index is 1.30. The molecule has 0 aliphatic heterocycles. The second-order valence-corrected chi connectivity index (χ2v) is 13.4. The molecular formula is C30H37N3O8S2. The number of hydrogen-bond donors (Lipinski definition) is 2. The van der Waals surface area contributed by atoms with Crippen molar-refractivity contribution in [3.05, 3.63) is 48.1 Å². The Labute approximate surface area is 257 Å². The molecule has 2 aromatic carbocycles. The predicted molar refractivity (Wildman–Crippen MR) is 167 cm³/mol. The fourth-order valence-corrected chi connectivity index (χ4v) is 5.82. The first-order valence-corrected chi connectivity index (χ1v) is 15.9. The van der Waals surface area contributed by atoms with Crippen LogP contribution in [0, 0.1) is 0 Å². The molecule has 1 unspecified atom stereocenters. The highest BCUT2D eigenvalue weighted by atomic mass is 32.2. The Morgan fingerprint density at radius 3 is 2.26 bits per heavy atom. The summed E-state index contributed by atoms with van der Waals surface area (Å²) in [7, 11) is 0. The molecule has 2 N–H and O–H groups in total. The van der Waals surface area contributed by atoms with Gasteiger partial charge in [0.1, 0.15) is 18.0 Å². The van der Waals surface area contributed by atoms with Crippen LogP contribution in [0.3, 0.4) is 0 Å². The number of carbonyl (C=O) groups is 1. The van der Waals surface area contributed by atoms with Gasteiger partial charge >= 0.3 is 5.97 Å². The van der Waals surface area contributed by atoms with E-state index in [0.717, 1.165) is 32.5 Å². The maximum atomic E-state index is 13.6. The third-order valence-electron chi connectivity index (χ3n) is 6.00. The molecule has 43 heavy (non-hydrogen) atoms. The Kier molecular flexibility index (Phi) is 12.3. The first-order chi connectivity index (χ1) is 20.7. The zero-order valence-electron chi connectivity index (χ0n) is 24.5. The van der Waals surface area contributed by atoms with Gasteiger partial charge in [-0.1, -0.05) is 0 Å². The van der Waals surface area contributed by atoms with Crippen molar-refractivity contribution in [1.29, 1.82) is 0 Å². The van der Waals surface area contributed by atoms with Crippen LogP contribution in [-0.2, 0) is 34.9 Å². The summed E-state index contributed by atoms with van der Waals surface area (Å²) in [6.45, 7) is 8.13. The van der Waals surface area contributed by atoms with Gasteiger partial charge in [-0.3, -0.25) is 4.98 Å². The van der Waals surface area contributed by atoms with Gasteiger partial charge in [-0.15, -0.1) is 11.3 Å². The van der Waals surface area contributed by atoms with Gasteiger partial charge in [0, 0.05) is 35.1 Å². The number of pyridine rings is 1. The number of rotatable bonds is 18. The zero-order chi connectivity index (χ0) is 30.7. The molecule has 0 fully saturated rings. The lowest BCUT2D eigenvalue weighted by atomic mass is 10.1. The van der Waals surface area contributed by atoms with Crippen molar-refractivity contribution in [2.24, 2.45) is 0 Å². The number of thiazole rings is 1. The van der Waals surface area contributed by atoms with E-state index in [4.69, 9.17) is 28.8 Å². The highest BCUT2D eigenvalue weighted by molar-refractivity contribution is 7.92. The van der Waals surface area contributed by atoms with Crippen LogP contribution in [0.5, 0.6) is 5.75 Å². The van der Waals surface area contributed by atoms with Crippen molar-refractivity contribution < 1.29 is 38.1 Å². The van der Waals surface area contributed by atoms with Crippen molar-refractivity contribution in [3.63, 3.8) is 0 Å². The van der Waals surface area contributed by atoms with E-state index in [1.54, 1.807) is 17.5 Å². The Morgan fingerprint density at radius 1 is 0.907 bits per heavy atom. The number of carboxylic acid groups (broad SMARTS) is 1. The molecule has 0 aliphatic rings. The van der Waals surface area contributed by atoms with Crippen LogP contribution in [0.4, 0.5) is 11.4 Å². The van der Waals surface area contributed by atoms with Crippen molar-refractivity contribution >= 4 is 61.0 Å². The fourth-order valence-electron chi connectivity index (χ4n) is 3.97. The number of carboxylic acids is 1. The minimum Gasteiger partial charge on any atom is -0.611 e. The van der Waals surface area contributed by atoms with E-state index in [1.807, 2.05) is 62.7 Å². The number of aliphatic carboxylic acids is 1. The summed E-state index contributed by atoms with van der Waals surface area (Å²) < 4.78 is 41.5. The molecule has 0 aliphatic carbocycles. The van der Waals surface area contributed by atoms with Crippen LogP contribution in [-0.4, -0.2) is 89.8 Å². The number of ether oxygens (including phenoxy) is 5. The van der Waals surface area contributed by atoms with Crippen molar-refractivity contribution in [3.8, 4) is 5.75 Å². The SMILES string of the molecule is CC(C)(C)[S+]([O-])c1cc2c(Nc3ccc4scnc4c3)ccnc2cc1OCCOCCOCCOCCOCC(=O)O. The largest absolute Gasteiger partial charge is 0.611 e. The average molecular weight is 632 g/mol. The second-order valence-electron chi connectivity index (χ2n) is 10.3. The van der Waals surface area contributed by atoms with E-state index >= 15 is 0 Å². The quantitative estimate of drug-likeness (QED) is 0.113. The minimum absolute atomic E-state index is 0.218. The summed E-state index contributed by atoms with van der Waals surface area (Å²) in [5.74, 6) is -0.495. The first kappa shape index (κ1) is 32.9. The molecule has 0 spiro atoms. The van der Waals surface area contributed by atoms with Gasteiger partial charge < -0.3 is 38.7 Å². The topological polar surface area (TPSA) is 144 Å². The van der Waals surface area contributed by atoms with Crippen LogP contribution >= 0.6 is 11.3 Å². The minimum atomic E-state index is -1.35. The number of benzene rings is 2. The number of nitrogens with one attached hydrogen (secondary N) is 1. The average Bonchev–Trinajstić information content (AvgIpc) is 3.44. The normalized spacial score (nSPS) is 12.6. The highest BCUT2D eigenvalue weighted by Gasteiger charge is 2.32. The molecule has 0 radical (unpaired) electrons. The van der Waals surface area contributed by atoms with Crippen LogP contribution < -0.4 is 10.1 Å². The molecule has 0 saturated heterocycles. The molecule has 0 saturated carbocycles. The molecule has 232 valence electrons. The predicted octanol–water partition coefficient (Wildman–Crippen LogP) is 5.02. The second kappa shape index (κ2) is 16.1. The number of hydrogen-bond acceptors (Lipinski definition) is 11. The summed E-state index contributed by atoms with van der Waals surface area (Å²) in [6.07, 6.45) is 1.73. The molecule has 4 aromatic rings. The molecule has 13 heteroatoms. The maximum absolute atomic E-state index is 13.6. The molecule has 2 heterocycles. The van der Waals surface area contributed by atoms with Crippen molar-refractivity contribution in [2.45, 2.75) is 30.4 Å². The van der Waals surface area contributed by atoms with Crippen molar-refractivity contribution in [1.82, 2.24) is 9.97 Å². The van der Waals surface area contributed by atoms with Gasteiger partial charge in [0.25, 0.3) is 0 Å². The summed E-state index contributed by atoms with van der Waals surface area (Å²) in [5.41, 5.74) is 5.23. The molecule has 1 atom stereocenters. The lowest BCUT2D eigenvalue weighted by Crippen LogP contribution is -2.28. The number of fused-ring (bicyclic) bond motifs is 2. The van der Waals surface area contributed by atoms with Gasteiger partial charge in [-0.05, 0) is 56.2 Å². The molecule has 0 amide bonds. The van der Waals surface area contributed by atoms with E-state index in [-0.39, 0.29) is 19.8 Å². The fraction of sp³-hybridized carbons (Fsp3) is 0.433. The van der Waals surface area contributed by atoms with Gasteiger partial charge in [0.15, 0.2) is 10.6 Å². The Morgan fingerprint density at radius 2 is 1.58 bits per heavy atom. The van der Waals surface area contributed by atoms with Gasteiger partial charge in [-0.2, -0.15) is 0 Å².